The summed E-state index contributed by atoms with van der Waals surface area (Å²) in [5.74, 6) is 1.76. The Bertz CT molecular complexity index is 1020. The molecule has 1 heterocycles. The lowest BCUT2D eigenvalue weighted by molar-refractivity contribution is -0.122. The first kappa shape index (κ1) is 23.6. The van der Waals surface area contributed by atoms with Crippen molar-refractivity contribution in [2.24, 2.45) is 5.92 Å². The molecule has 0 aliphatic heterocycles. The second kappa shape index (κ2) is 11.5. The third-order valence-corrected chi connectivity index (χ3v) is 5.54. The highest BCUT2D eigenvalue weighted by atomic mass is 79.9. The van der Waals surface area contributed by atoms with E-state index in [9.17, 15) is 4.79 Å². The van der Waals surface area contributed by atoms with Crippen molar-refractivity contribution in [3.05, 3.63) is 58.9 Å². The van der Waals surface area contributed by atoms with Crippen LogP contribution in [-0.4, -0.2) is 27.4 Å². The SMILES string of the molecule is CCCn1c(C[N]C(=O)CC(C)Cc2cccc(OCCBr)c2)nc2ccc(Cl)cc21. The summed E-state index contributed by atoms with van der Waals surface area (Å²) in [7, 11) is 0. The molecule has 0 aliphatic carbocycles. The van der Waals surface area contributed by atoms with Gasteiger partial charge in [0.1, 0.15) is 18.1 Å². The molecule has 1 atom stereocenters. The van der Waals surface area contributed by atoms with E-state index < -0.39 is 0 Å². The third-order valence-electron chi connectivity index (χ3n) is 4.98. The molecule has 0 saturated heterocycles. The number of fused-ring (bicyclic) bond motifs is 1. The van der Waals surface area contributed by atoms with Gasteiger partial charge in [0.2, 0.25) is 5.91 Å². The molecule has 0 spiro atoms. The number of halogens is 2. The fraction of sp³-hybridized carbons (Fsp3) is 0.417. The molecule has 5 nitrogen and oxygen atoms in total. The molecule has 1 amide bonds. The lowest BCUT2D eigenvalue weighted by atomic mass is 9.97. The van der Waals surface area contributed by atoms with Crippen molar-refractivity contribution in [2.45, 2.75) is 46.2 Å². The van der Waals surface area contributed by atoms with Gasteiger partial charge in [0.15, 0.2) is 0 Å². The van der Waals surface area contributed by atoms with Crippen LogP contribution < -0.4 is 10.1 Å². The number of aromatic nitrogens is 2. The number of carbonyl (C=O) groups excluding carboxylic acids is 1. The molecule has 0 N–H and O–H groups in total. The van der Waals surface area contributed by atoms with Crippen LogP contribution in [0.2, 0.25) is 5.02 Å². The van der Waals surface area contributed by atoms with E-state index in [2.05, 4.69) is 50.7 Å². The minimum Gasteiger partial charge on any atom is -0.493 e. The smallest absolute Gasteiger partial charge is 0.241 e. The Kier molecular flexibility index (Phi) is 8.79. The van der Waals surface area contributed by atoms with Crippen molar-refractivity contribution >= 4 is 44.5 Å². The van der Waals surface area contributed by atoms with Gasteiger partial charge < -0.3 is 9.30 Å². The van der Waals surface area contributed by atoms with E-state index >= 15 is 0 Å². The van der Waals surface area contributed by atoms with Gasteiger partial charge in [0.05, 0.1) is 17.6 Å². The Morgan fingerprint density at radius 2 is 2.13 bits per heavy atom. The summed E-state index contributed by atoms with van der Waals surface area (Å²) >= 11 is 9.52. The van der Waals surface area contributed by atoms with E-state index in [0.717, 1.165) is 52.9 Å². The molecule has 1 unspecified atom stereocenters. The summed E-state index contributed by atoms with van der Waals surface area (Å²) in [6.07, 6.45) is 2.18. The normalized spacial score (nSPS) is 12.1. The van der Waals surface area contributed by atoms with Gasteiger partial charge >= 0.3 is 0 Å². The van der Waals surface area contributed by atoms with E-state index in [0.29, 0.717) is 18.1 Å². The lowest BCUT2D eigenvalue weighted by Gasteiger charge is -2.12. The number of rotatable bonds is 11. The van der Waals surface area contributed by atoms with Gasteiger partial charge in [0.25, 0.3) is 0 Å². The first-order chi connectivity index (χ1) is 15.0. The van der Waals surface area contributed by atoms with E-state index in [1.54, 1.807) is 0 Å². The first-order valence-electron chi connectivity index (χ1n) is 10.6. The van der Waals surface area contributed by atoms with Crippen molar-refractivity contribution in [1.29, 1.82) is 0 Å². The molecule has 31 heavy (non-hydrogen) atoms. The number of alkyl halides is 1. The molecule has 1 radical (unpaired) electrons. The average molecular weight is 506 g/mol. The van der Waals surface area contributed by atoms with Crippen molar-refractivity contribution in [3.63, 3.8) is 0 Å². The number of aryl methyl sites for hydroxylation is 1. The van der Waals surface area contributed by atoms with Crippen LogP contribution in [0.15, 0.2) is 42.5 Å². The Balaban J connectivity index is 1.57. The van der Waals surface area contributed by atoms with Gasteiger partial charge in [-0.1, -0.05) is 53.5 Å². The molecule has 1 aromatic heterocycles. The van der Waals surface area contributed by atoms with Crippen LogP contribution in [0.3, 0.4) is 0 Å². The van der Waals surface area contributed by atoms with Crippen molar-refractivity contribution < 1.29 is 9.53 Å². The molecule has 165 valence electrons. The first-order valence-corrected chi connectivity index (χ1v) is 12.1. The van der Waals surface area contributed by atoms with Crippen molar-refractivity contribution in [1.82, 2.24) is 14.9 Å². The zero-order chi connectivity index (χ0) is 22.2. The second-order valence-electron chi connectivity index (χ2n) is 7.72. The van der Waals surface area contributed by atoms with Gasteiger partial charge in [-0.2, -0.15) is 0 Å². The Morgan fingerprint density at radius 1 is 1.29 bits per heavy atom. The summed E-state index contributed by atoms with van der Waals surface area (Å²) in [4.78, 5) is 17.2. The Labute approximate surface area is 197 Å². The molecular weight excluding hydrogens is 478 g/mol. The summed E-state index contributed by atoms with van der Waals surface area (Å²) < 4.78 is 7.77. The van der Waals surface area contributed by atoms with Crippen LogP contribution in [0.5, 0.6) is 5.75 Å². The van der Waals surface area contributed by atoms with E-state index in [1.165, 1.54) is 0 Å². The Morgan fingerprint density at radius 3 is 2.90 bits per heavy atom. The summed E-state index contributed by atoms with van der Waals surface area (Å²) in [5, 5.41) is 5.78. The number of benzene rings is 2. The maximum atomic E-state index is 12.5. The third kappa shape index (κ3) is 6.71. The molecule has 7 heteroatoms. The topological polar surface area (TPSA) is 58.2 Å². The molecule has 3 rings (SSSR count). The van der Waals surface area contributed by atoms with E-state index in [1.807, 2.05) is 36.4 Å². The zero-order valence-electron chi connectivity index (χ0n) is 18.0. The summed E-state index contributed by atoms with van der Waals surface area (Å²) in [6, 6.07) is 13.7. The fourth-order valence-electron chi connectivity index (χ4n) is 3.65. The number of hydrogen-bond acceptors (Lipinski definition) is 3. The van der Waals surface area contributed by atoms with Crippen LogP contribution in [-0.2, 0) is 24.3 Å². The van der Waals surface area contributed by atoms with Gasteiger partial charge in [0, 0.05) is 23.3 Å². The fourth-order valence-corrected chi connectivity index (χ4v) is 3.98. The highest BCUT2D eigenvalue weighted by molar-refractivity contribution is 9.09. The quantitative estimate of drug-likeness (QED) is 0.311. The minimum absolute atomic E-state index is 0.0904. The molecule has 0 aliphatic rings. The maximum Gasteiger partial charge on any atom is 0.241 e. The Hall–Kier alpha value is -2.05. The van der Waals surface area contributed by atoms with E-state index in [4.69, 9.17) is 16.3 Å². The predicted molar refractivity (Wildman–Crippen MR) is 129 cm³/mol. The van der Waals surface area contributed by atoms with Crippen LogP contribution in [0, 0.1) is 5.92 Å². The van der Waals surface area contributed by atoms with Crippen molar-refractivity contribution in [3.8, 4) is 5.75 Å². The van der Waals surface area contributed by atoms with Gasteiger partial charge in [-0.3, -0.25) is 4.79 Å². The molecular formula is C24H28BrClN3O2. The highest BCUT2D eigenvalue weighted by Gasteiger charge is 2.15. The van der Waals surface area contributed by atoms with Crippen LogP contribution >= 0.6 is 27.5 Å². The number of nitrogens with zero attached hydrogens (tertiary/aromatic N) is 3. The molecule has 2 aromatic carbocycles. The molecule has 3 aromatic rings. The molecule has 0 saturated carbocycles. The highest BCUT2D eigenvalue weighted by Crippen LogP contribution is 2.22. The largest absolute Gasteiger partial charge is 0.493 e. The number of hydrogen-bond donors (Lipinski definition) is 0. The summed E-state index contributed by atoms with van der Waals surface area (Å²) in [5.41, 5.74) is 3.03. The van der Waals surface area contributed by atoms with Gasteiger partial charge in [-0.15, -0.1) is 0 Å². The average Bonchev–Trinajstić information content (AvgIpc) is 3.08. The second-order valence-corrected chi connectivity index (χ2v) is 8.95. The predicted octanol–water partition coefficient (Wildman–Crippen LogP) is 5.77. The van der Waals surface area contributed by atoms with Crippen LogP contribution in [0.1, 0.15) is 38.1 Å². The van der Waals surface area contributed by atoms with E-state index in [-0.39, 0.29) is 18.4 Å². The monoisotopic (exact) mass is 504 g/mol. The number of imidazole rings is 1. The van der Waals surface area contributed by atoms with Crippen molar-refractivity contribution in [2.75, 3.05) is 11.9 Å². The van der Waals surface area contributed by atoms with Gasteiger partial charge in [-0.25, -0.2) is 10.3 Å². The number of amides is 1. The molecule has 0 fully saturated rings. The lowest BCUT2D eigenvalue weighted by Crippen LogP contribution is -2.20. The van der Waals surface area contributed by atoms with Gasteiger partial charge in [-0.05, 0) is 54.7 Å². The van der Waals surface area contributed by atoms with Crippen LogP contribution in [0.4, 0.5) is 0 Å². The number of ether oxygens (including phenoxy) is 1. The number of carbonyl (C=O) groups is 1. The zero-order valence-corrected chi connectivity index (χ0v) is 20.3. The minimum atomic E-state index is -0.0904. The summed E-state index contributed by atoms with van der Waals surface area (Å²) in [6.45, 7) is 5.93. The maximum absolute atomic E-state index is 12.5. The van der Waals surface area contributed by atoms with Crippen LogP contribution in [0.25, 0.3) is 11.0 Å². The standard InChI is InChI=1S/C24H28BrClN3O2/c1-3-10-29-22-15-19(26)7-8-21(22)28-23(29)16-27-24(30)13-17(2)12-18-5-4-6-20(14-18)31-11-9-25/h4-8,14-15,17H,3,9-13,16H2,1-2H3. The molecule has 0 bridgehead atoms.